The minimum atomic E-state index is -0.512. The van der Waals surface area contributed by atoms with Gasteiger partial charge in [0.15, 0.2) is 0 Å². The normalized spacial score (nSPS) is 22.3. The Hall–Kier alpha value is -2.13. The number of rotatable bonds is 6. The molecule has 1 N–H and O–H groups in total. The van der Waals surface area contributed by atoms with Gasteiger partial charge >= 0.3 is 0 Å². The molecule has 0 saturated carbocycles. The van der Waals surface area contributed by atoms with Crippen molar-refractivity contribution in [2.45, 2.75) is 64.3 Å². The number of hydrogen-bond acceptors (Lipinski definition) is 6. The van der Waals surface area contributed by atoms with E-state index in [1.54, 1.807) is 22.6 Å². The third kappa shape index (κ3) is 5.07. The number of nitrogens with zero attached hydrogens (tertiary/aromatic N) is 3. The number of amides is 1. The van der Waals surface area contributed by atoms with Crippen LogP contribution >= 0.6 is 22.9 Å². The lowest BCUT2D eigenvalue weighted by Crippen LogP contribution is -2.51. The van der Waals surface area contributed by atoms with Crippen molar-refractivity contribution in [1.82, 2.24) is 20.2 Å². The number of morpholine rings is 1. The number of aryl methyl sites for hydroxylation is 1. The van der Waals surface area contributed by atoms with Crippen LogP contribution in [0.4, 0.5) is 4.39 Å². The van der Waals surface area contributed by atoms with Crippen molar-refractivity contribution in [3.8, 4) is 11.3 Å². The van der Waals surface area contributed by atoms with Gasteiger partial charge in [-0.1, -0.05) is 11.6 Å². The molecule has 1 aromatic carbocycles. The fraction of sp³-hybridized carbons (Fsp3) is 0.500. The Kier molecular flexibility index (Phi) is 6.83. The van der Waals surface area contributed by atoms with Crippen LogP contribution in [0.3, 0.4) is 0 Å². The van der Waals surface area contributed by atoms with E-state index in [1.807, 2.05) is 18.2 Å². The molecular weight excluding hydrogens is 487 g/mol. The smallest absolute Gasteiger partial charge is 0.223 e. The van der Waals surface area contributed by atoms with Crippen LogP contribution in [0.25, 0.3) is 21.5 Å². The van der Waals surface area contributed by atoms with E-state index < -0.39 is 6.67 Å². The van der Waals surface area contributed by atoms with Crippen LogP contribution in [0.2, 0.25) is 5.02 Å². The van der Waals surface area contributed by atoms with E-state index in [4.69, 9.17) is 16.3 Å². The van der Waals surface area contributed by atoms with Gasteiger partial charge in [0.05, 0.1) is 40.2 Å². The number of halogens is 2. The first-order chi connectivity index (χ1) is 16.7. The SMILES string of the molecule is Cc1cc(Cl)cc(-c2ncnc3cc(CN4C(=O)CC[C@@H]4CF)sc23)c1C[C@@H]1CNCC(C)(C)O1. The van der Waals surface area contributed by atoms with Gasteiger partial charge in [-0.05, 0) is 56.5 Å². The van der Waals surface area contributed by atoms with Crippen LogP contribution in [-0.2, 0) is 22.5 Å². The molecular formula is C26H30ClFN4O2S. The fourth-order valence-electron chi connectivity index (χ4n) is 5.18. The molecule has 35 heavy (non-hydrogen) atoms. The maximum Gasteiger partial charge on any atom is 0.223 e. The van der Waals surface area contributed by atoms with Crippen LogP contribution in [-0.4, -0.2) is 58.3 Å². The zero-order valence-electron chi connectivity index (χ0n) is 20.2. The van der Waals surface area contributed by atoms with Crippen molar-refractivity contribution in [2.75, 3.05) is 19.8 Å². The molecule has 2 aliphatic heterocycles. The van der Waals surface area contributed by atoms with Crippen molar-refractivity contribution in [1.29, 1.82) is 0 Å². The van der Waals surface area contributed by atoms with Gasteiger partial charge in [-0.25, -0.2) is 14.4 Å². The number of thiophene rings is 1. The molecule has 0 bridgehead atoms. The Morgan fingerprint density at radius 3 is 2.91 bits per heavy atom. The van der Waals surface area contributed by atoms with Crippen LogP contribution in [0.15, 0.2) is 24.5 Å². The monoisotopic (exact) mass is 516 g/mol. The maximum atomic E-state index is 13.4. The summed E-state index contributed by atoms with van der Waals surface area (Å²) in [6.07, 6.45) is 3.32. The topological polar surface area (TPSA) is 67.4 Å². The summed E-state index contributed by atoms with van der Waals surface area (Å²) in [5, 5.41) is 4.14. The number of nitrogens with one attached hydrogen (secondary N) is 1. The molecule has 2 saturated heterocycles. The highest BCUT2D eigenvalue weighted by atomic mass is 35.5. The molecule has 5 rings (SSSR count). The second-order valence-electron chi connectivity index (χ2n) is 10.1. The molecule has 2 fully saturated rings. The lowest BCUT2D eigenvalue weighted by atomic mass is 9.93. The quantitative estimate of drug-likeness (QED) is 0.494. The Bertz CT molecular complexity index is 1260. The summed E-state index contributed by atoms with van der Waals surface area (Å²) in [4.78, 5) is 24.1. The summed E-state index contributed by atoms with van der Waals surface area (Å²) >= 11 is 8.07. The van der Waals surface area contributed by atoms with Gasteiger partial charge in [0, 0.05) is 41.4 Å². The molecule has 6 nitrogen and oxygen atoms in total. The van der Waals surface area contributed by atoms with Gasteiger partial charge in [-0.15, -0.1) is 11.3 Å². The molecule has 2 atom stereocenters. The molecule has 1 amide bonds. The second-order valence-corrected chi connectivity index (χ2v) is 11.7. The molecule has 0 radical (unpaired) electrons. The number of benzene rings is 1. The Morgan fingerprint density at radius 1 is 1.31 bits per heavy atom. The Balaban J connectivity index is 1.52. The van der Waals surface area contributed by atoms with Gasteiger partial charge in [-0.2, -0.15) is 0 Å². The van der Waals surface area contributed by atoms with Crippen LogP contribution in [0.1, 0.15) is 42.7 Å². The van der Waals surface area contributed by atoms with E-state index in [0.717, 1.165) is 57.0 Å². The summed E-state index contributed by atoms with van der Waals surface area (Å²) in [5.41, 5.74) is 4.64. The largest absolute Gasteiger partial charge is 0.369 e. The average molecular weight is 517 g/mol. The van der Waals surface area contributed by atoms with Gasteiger partial charge in [0.25, 0.3) is 0 Å². The summed E-state index contributed by atoms with van der Waals surface area (Å²) in [6.45, 7) is 7.76. The Morgan fingerprint density at radius 2 is 2.14 bits per heavy atom. The summed E-state index contributed by atoms with van der Waals surface area (Å²) in [6, 6.07) is 5.60. The Labute approximate surface area is 213 Å². The average Bonchev–Trinajstić information content (AvgIpc) is 3.37. The highest BCUT2D eigenvalue weighted by Gasteiger charge is 2.32. The van der Waals surface area contributed by atoms with E-state index in [2.05, 4.69) is 36.1 Å². The number of hydrogen-bond donors (Lipinski definition) is 1. The van der Waals surface area contributed by atoms with E-state index in [-0.39, 0.29) is 23.7 Å². The first-order valence-corrected chi connectivity index (χ1v) is 13.2. The van der Waals surface area contributed by atoms with E-state index in [9.17, 15) is 9.18 Å². The highest BCUT2D eigenvalue weighted by Crippen LogP contribution is 2.38. The fourth-order valence-corrected chi connectivity index (χ4v) is 6.56. The summed E-state index contributed by atoms with van der Waals surface area (Å²) in [7, 11) is 0. The van der Waals surface area contributed by atoms with Crippen LogP contribution in [0, 0.1) is 6.92 Å². The molecule has 0 aliphatic carbocycles. The second kappa shape index (κ2) is 9.73. The van der Waals surface area contributed by atoms with Crippen molar-refractivity contribution >= 4 is 39.1 Å². The van der Waals surface area contributed by atoms with Crippen LogP contribution < -0.4 is 5.32 Å². The summed E-state index contributed by atoms with van der Waals surface area (Å²) < 4.78 is 20.7. The van der Waals surface area contributed by atoms with E-state index >= 15 is 0 Å². The number of fused-ring (bicyclic) bond motifs is 1. The maximum absolute atomic E-state index is 13.4. The predicted molar refractivity (Wildman–Crippen MR) is 138 cm³/mol. The molecule has 3 aromatic rings. The summed E-state index contributed by atoms with van der Waals surface area (Å²) in [5.74, 6) is 0.00758. The molecule has 186 valence electrons. The predicted octanol–water partition coefficient (Wildman–Crippen LogP) is 5.09. The number of aromatic nitrogens is 2. The highest BCUT2D eigenvalue weighted by molar-refractivity contribution is 7.19. The number of carbonyl (C=O) groups is 1. The minimum Gasteiger partial charge on any atom is -0.369 e. The molecule has 0 spiro atoms. The lowest BCUT2D eigenvalue weighted by Gasteiger charge is -2.37. The molecule has 4 heterocycles. The lowest BCUT2D eigenvalue weighted by molar-refractivity contribution is -0.129. The van der Waals surface area contributed by atoms with Crippen molar-refractivity contribution < 1.29 is 13.9 Å². The first-order valence-electron chi connectivity index (χ1n) is 12.0. The number of ether oxygens (including phenoxy) is 1. The van der Waals surface area contributed by atoms with E-state index in [0.29, 0.717) is 24.4 Å². The standard InChI is InChI=1S/C26H30ClFN4O2S/c1-15-6-16(27)7-21(20(15)8-18-11-29-13-26(2,3)34-18)24-25-22(30-14-31-24)9-19(35-25)12-32-17(10-28)4-5-23(32)33/h6-7,9,14,17-18,29H,4-5,8,10-13H2,1-3H3/t17-,18-/m1/s1. The third-order valence-electron chi connectivity index (χ3n) is 6.85. The van der Waals surface area contributed by atoms with Crippen molar-refractivity contribution in [2.24, 2.45) is 0 Å². The third-order valence-corrected chi connectivity index (χ3v) is 8.19. The molecule has 2 aromatic heterocycles. The van der Waals surface area contributed by atoms with E-state index in [1.165, 1.54) is 0 Å². The number of carbonyl (C=O) groups excluding carboxylic acids is 1. The molecule has 0 unspecified atom stereocenters. The number of likely N-dealkylation sites (tertiary alicyclic amines) is 1. The van der Waals surface area contributed by atoms with Crippen molar-refractivity contribution in [3.63, 3.8) is 0 Å². The van der Waals surface area contributed by atoms with Gasteiger partial charge in [-0.3, -0.25) is 4.79 Å². The van der Waals surface area contributed by atoms with Gasteiger partial charge in [0.1, 0.15) is 13.0 Å². The number of alkyl halides is 1. The zero-order valence-corrected chi connectivity index (χ0v) is 21.8. The molecule has 2 aliphatic rings. The zero-order chi connectivity index (χ0) is 24.7. The van der Waals surface area contributed by atoms with Gasteiger partial charge in [0.2, 0.25) is 5.91 Å². The minimum absolute atomic E-state index is 0.00758. The van der Waals surface area contributed by atoms with Crippen molar-refractivity contribution in [3.05, 3.63) is 45.6 Å². The van der Waals surface area contributed by atoms with Crippen LogP contribution in [0.5, 0.6) is 0 Å². The molecule has 9 heteroatoms. The first kappa shape index (κ1) is 24.6. The van der Waals surface area contributed by atoms with Gasteiger partial charge < -0.3 is 15.0 Å².